The van der Waals surface area contributed by atoms with Crippen molar-refractivity contribution in [3.8, 4) is 107 Å². The van der Waals surface area contributed by atoms with Crippen molar-refractivity contribution in [1.29, 1.82) is 0 Å². The van der Waals surface area contributed by atoms with Crippen LogP contribution < -0.4 is 0 Å². The molecule has 0 bridgehead atoms. The van der Waals surface area contributed by atoms with Crippen molar-refractivity contribution in [1.82, 2.24) is 44.1 Å². The molecule has 5 aliphatic carbocycles. The Morgan fingerprint density at radius 3 is 0.637 bits per heavy atom. The lowest BCUT2D eigenvalue weighted by molar-refractivity contribution is 0.206. The van der Waals surface area contributed by atoms with Gasteiger partial charge in [0.05, 0.1) is 55.9 Å². The highest BCUT2D eigenvalue weighted by atomic mass is 15.2. The second kappa shape index (κ2) is 49.2. The molecule has 0 aromatic carbocycles. The molecule has 9 heterocycles. The minimum Gasteiger partial charge on any atom is -0.292 e. The van der Waals surface area contributed by atoms with Crippen molar-refractivity contribution >= 4 is 0 Å². The predicted molar refractivity (Wildman–Crippen MR) is 539 cm³/mol. The van der Waals surface area contributed by atoms with Crippen LogP contribution in [0.1, 0.15) is 350 Å². The van der Waals surface area contributed by atoms with Gasteiger partial charge in [-0.2, -0.15) is 0 Å². The maximum absolute atomic E-state index is 3.38. The molecule has 9 nitrogen and oxygen atoms in total. The van der Waals surface area contributed by atoms with E-state index >= 15 is 0 Å². The van der Waals surface area contributed by atoms with Crippen LogP contribution in [0, 0.1) is 208 Å². The molecule has 0 N–H and O–H groups in total. The zero-order valence-electron chi connectivity index (χ0n) is 87.4. The molecule has 0 aromatic rings. The van der Waals surface area contributed by atoms with Gasteiger partial charge < -0.3 is 0 Å². The van der Waals surface area contributed by atoms with Gasteiger partial charge in [-0.15, -0.1) is 0 Å². The Labute approximate surface area is 771 Å². The largest absolute Gasteiger partial charge is 0.292 e. The third-order valence-corrected chi connectivity index (χ3v) is 25.7. The van der Waals surface area contributed by atoms with Gasteiger partial charge >= 0.3 is 0 Å². The summed E-state index contributed by atoms with van der Waals surface area (Å²) in [5.41, 5.74) is 2.13. The van der Waals surface area contributed by atoms with Crippen LogP contribution in [0.2, 0.25) is 0 Å². The molecule has 698 valence electrons. The first-order chi connectivity index (χ1) is 57.4. The fourth-order valence-electron chi connectivity index (χ4n) is 17.4. The molecule has 14 rings (SSSR count). The lowest BCUT2D eigenvalue weighted by Gasteiger charge is -2.29. The maximum Gasteiger partial charge on any atom is 0.0686 e. The van der Waals surface area contributed by atoms with Gasteiger partial charge in [0, 0.05) is 108 Å². The van der Waals surface area contributed by atoms with E-state index in [0.29, 0.717) is 36.3 Å². The Balaban J connectivity index is 0.000000216. The Morgan fingerprint density at radius 1 is 0.218 bits per heavy atom. The van der Waals surface area contributed by atoms with Crippen molar-refractivity contribution in [3.05, 3.63) is 0 Å². The summed E-state index contributed by atoms with van der Waals surface area (Å²) in [7, 11) is 0. The van der Waals surface area contributed by atoms with Gasteiger partial charge in [-0.3, -0.25) is 44.1 Å². The Kier molecular flexibility index (Phi) is 43.1. The van der Waals surface area contributed by atoms with Gasteiger partial charge in [-0.05, 0) is 436 Å². The summed E-state index contributed by atoms with van der Waals surface area (Å²) in [6, 6.07) is 2.70. The quantitative estimate of drug-likeness (QED) is 0.210. The van der Waals surface area contributed by atoms with Crippen LogP contribution >= 0.6 is 0 Å². The maximum atomic E-state index is 3.38. The number of likely N-dealkylation sites (tertiary alicyclic amines) is 9. The van der Waals surface area contributed by atoms with Crippen LogP contribution in [0.15, 0.2) is 0 Å². The van der Waals surface area contributed by atoms with Crippen molar-refractivity contribution < 1.29 is 0 Å². The van der Waals surface area contributed by atoms with E-state index in [1.807, 2.05) is 0 Å². The van der Waals surface area contributed by atoms with E-state index in [4.69, 9.17) is 0 Å². The lowest BCUT2D eigenvalue weighted by Crippen LogP contribution is -2.36. The summed E-state index contributed by atoms with van der Waals surface area (Å²) in [5.74, 6) is 68.2. The van der Waals surface area contributed by atoms with Gasteiger partial charge in [0.1, 0.15) is 0 Å². The minimum absolute atomic E-state index is 0.143. The molecule has 14 fully saturated rings. The Morgan fingerprint density at radius 2 is 0.419 bits per heavy atom. The Hall–Kier alpha value is -4.32. The van der Waals surface area contributed by atoms with Gasteiger partial charge in [-0.25, -0.2) is 0 Å². The fraction of sp³-hybridized carbons (Fsp3) is 0.843. The van der Waals surface area contributed by atoms with E-state index in [2.05, 4.69) is 379 Å². The van der Waals surface area contributed by atoms with Crippen LogP contribution in [0.4, 0.5) is 0 Å². The van der Waals surface area contributed by atoms with E-state index in [1.165, 1.54) is 240 Å². The second-order valence-corrected chi connectivity index (χ2v) is 50.0. The van der Waals surface area contributed by atoms with Crippen molar-refractivity contribution in [2.75, 3.05) is 137 Å². The molecular formula is C115H193N9. The van der Waals surface area contributed by atoms with E-state index in [9.17, 15) is 0 Å². The first-order valence-electron chi connectivity index (χ1n) is 50.7. The summed E-state index contributed by atoms with van der Waals surface area (Å²) in [6.07, 6.45) is 26.7. The van der Waals surface area contributed by atoms with Crippen LogP contribution in [-0.2, 0) is 0 Å². The van der Waals surface area contributed by atoms with E-state index in [0.717, 1.165) is 72.4 Å². The minimum atomic E-state index is 0.143. The van der Waals surface area contributed by atoms with Gasteiger partial charge in [0.15, 0.2) is 0 Å². The number of piperidine rings is 8. The molecule has 124 heavy (non-hydrogen) atoms. The first kappa shape index (κ1) is 108. The summed E-state index contributed by atoms with van der Waals surface area (Å²) in [6.45, 7) is 97.9. The average molecular weight is 1700 g/mol. The van der Waals surface area contributed by atoms with E-state index in [-0.39, 0.29) is 48.7 Å². The number of rotatable bonds is 9. The summed E-state index contributed by atoms with van der Waals surface area (Å²) in [5, 5.41) is 0. The number of fused-ring (bicyclic) bond motifs is 4. The molecule has 14 atom stereocenters. The molecule has 14 aliphatic rings. The molecule has 0 radical (unpaired) electrons. The third kappa shape index (κ3) is 49.1. The van der Waals surface area contributed by atoms with Crippen LogP contribution in [0.3, 0.4) is 0 Å². The summed E-state index contributed by atoms with van der Waals surface area (Å²) >= 11 is 0. The Bertz CT molecular complexity index is 3340. The molecule has 1 spiro atoms. The normalized spacial score (nSPS) is 26.6. The highest BCUT2D eigenvalue weighted by molar-refractivity contribution is 5.20. The van der Waals surface area contributed by atoms with Gasteiger partial charge in [0.2, 0.25) is 0 Å². The highest BCUT2D eigenvalue weighted by Crippen LogP contribution is 2.53. The predicted octanol–water partition coefficient (Wildman–Crippen LogP) is 22.9. The highest BCUT2D eigenvalue weighted by Gasteiger charge is 2.49. The molecule has 0 aromatic heterocycles. The van der Waals surface area contributed by atoms with Crippen LogP contribution in [-0.4, -0.2) is 218 Å². The fourth-order valence-corrected chi connectivity index (χ4v) is 17.4. The van der Waals surface area contributed by atoms with Crippen molar-refractivity contribution in [2.24, 2.45) is 101 Å². The molecule has 9 heteroatoms. The second-order valence-electron chi connectivity index (χ2n) is 50.0. The smallest absolute Gasteiger partial charge is 0.0686 e. The lowest BCUT2D eigenvalue weighted by atomic mass is 9.97. The van der Waals surface area contributed by atoms with E-state index < -0.39 is 0 Å². The molecule has 9 aliphatic heterocycles. The molecular weight excluding hydrogens is 1510 g/mol. The van der Waals surface area contributed by atoms with Gasteiger partial charge in [0.25, 0.3) is 0 Å². The molecule has 0 amide bonds. The number of hydrogen-bond acceptors (Lipinski definition) is 9. The van der Waals surface area contributed by atoms with Gasteiger partial charge in [-0.1, -0.05) is 132 Å². The first-order valence-corrected chi connectivity index (χ1v) is 50.7. The topological polar surface area (TPSA) is 29.2 Å². The zero-order valence-corrected chi connectivity index (χ0v) is 87.4. The SMILES string of the molecule is CC(C#CC(C)(C)C)N1CC2CC2C1.CC(C#CC(C)(C)C)N1CCCCC1.CC(C)(C)C#CCN1CC2CC2C1.CC(C)(C)C#CCN1CCC2(CC2)C1.CC(C)(C)C#CCN1CCCCC1.C[C@@H](C#CC(C)(C)C)N1CC2CC2C1.C[C@@H](C#CC(C)(C)C)N1CCCCC1.C[C@H](C#CC(C)(C)C)N1CC2CC2C1.C[C@H](C#CC(C)(C)C)N1CCCCC1. The molecule has 5 saturated carbocycles. The summed E-state index contributed by atoms with van der Waals surface area (Å²) in [4.78, 5) is 22.6. The van der Waals surface area contributed by atoms with Crippen LogP contribution in [0.5, 0.6) is 0 Å². The number of hydrogen-bond donors (Lipinski definition) is 0. The number of nitrogens with zero attached hydrogens (tertiary/aromatic N) is 9. The summed E-state index contributed by atoms with van der Waals surface area (Å²) < 4.78 is 0. The average Bonchev–Trinajstić information content (AvgIpc) is 1.64. The van der Waals surface area contributed by atoms with Crippen molar-refractivity contribution in [3.63, 3.8) is 0 Å². The molecule has 10 unspecified atom stereocenters. The standard InChI is InChI=1S/4C13H21N.3C13H23N.C12H19N.C12H21N/c3*1-10(5-6-13(2,3)4)14-8-11-7-12(11)9-14;1-12(2,3)5-4-9-14-10-8-13(11-14)6-7-13;3*1-12(8-9-13(2,3)4)14-10-6-5-7-11-14;1-12(2,3)5-4-6-13-8-10-7-11(10)9-13;1-12(2,3)8-7-11-13-9-5-4-6-10-13/h3*10-12H,7-9H2,1-4H3;6-11H2,1-3H3;3*12H,5-7,10-11H2,1-4H3;10-11H,6-9H2,1-3H3;4-6,9-11H2,1-3H3/t2*10-,11?,12?;;;2*12-;;;/m10..10.../s1. The van der Waals surface area contributed by atoms with Crippen LogP contribution in [0.25, 0.3) is 0 Å². The molecule has 9 saturated heterocycles. The van der Waals surface area contributed by atoms with Crippen molar-refractivity contribution in [2.45, 2.75) is 387 Å². The van der Waals surface area contributed by atoms with E-state index in [1.54, 1.807) is 0 Å². The zero-order chi connectivity index (χ0) is 92.3. The monoisotopic (exact) mass is 1700 g/mol. The third-order valence-electron chi connectivity index (χ3n) is 25.7.